The van der Waals surface area contributed by atoms with Gasteiger partial charge in [-0.05, 0) is 43.4 Å². The van der Waals surface area contributed by atoms with Gasteiger partial charge in [0.1, 0.15) is 5.82 Å². The summed E-state index contributed by atoms with van der Waals surface area (Å²) in [6.07, 6.45) is 5.24. The second-order valence-electron chi connectivity index (χ2n) is 6.10. The Labute approximate surface area is 147 Å². The first-order chi connectivity index (χ1) is 11.7. The van der Waals surface area contributed by atoms with Crippen LogP contribution in [0.3, 0.4) is 0 Å². The van der Waals surface area contributed by atoms with Gasteiger partial charge in [-0.3, -0.25) is 0 Å². The molecule has 24 heavy (non-hydrogen) atoms. The Morgan fingerprint density at radius 1 is 1.29 bits per heavy atom. The fourth-order valence-electron chi connectivity index (χ4n) is 2.95. The zero-order chi connectivity index (χ0) is 16.8. The van der Waals surface area contributed by atoms with E-state index in [0.29, 0.717) is 12.5 Å². The molecule has 1 aliphatic heterocycles. The number of aliphatic hydroxyl groups is 1. The largest absolute Gasteiger partial charge is 0.391 e. The first kappa shape index (κ1) is 17.0. The number of aliphatic hydroxyl groups excluding tert-OH is 1. The van der Waals surface area contributed by atoms with Gasteiger partial charge in [0.25, 0.3) is 0 Å². The van der Waals surface area contributed by atoms with Crippen molar-refractivity contribution in [2.75, 3.05) is 29.9 Å². The summed E-state index contributed by atoms with van der Waals surface area (Å²) in [4.78, 5) is 11.0. The Bertz CT molecular complexity index is 667. The third-order valence-electron chi connectivity index (χ3n) is 4.23. The van der Waals surface area contributed by atoms with Crippen LogP contribution in [0.15, 0.2) is 36.5 Å². The van der Waals surface area contributed by atoms with E-state index in [0.717, 1.165) is 55.2 Å². The van der Waals surface area contributed by atoms with Gasteiger partial charge < -0.3 is 15.3 Å². The Morgan fingerprint density at radius 3 is 3.00 bits per heavy atom. The van der Waals surface area contributed by atoms with E-state index in [1.807, 2.05) is 24.3 Å². The van der Waals surface area contributed by atoms with E-state index in [1.54, 1.807) is 6.20 Å². The van der Waals surface area contributed by atoms with Crippen LogP contribution in [0.2, 0.25) is 5.02 Å². The smallest absolute Gasteiger partial charge is 0.224 e. The standard InChI is InChI=1S/C18H23ClN4O/c19-16-8-2-1-5-14(16)6-3-10-20-18-21-11-9-17(22-18)23-12-4-7-15(24)13-23/h1-2,5,8-9,11,15,24H,3-4,6-7,10,12-13H2,(H,20,21,22). The van der Waals surface area contributed by atoms with Gasteiger partial charge in [-0.2, -0.15) is 4.98 Å². The van der Waals surface area contributed by atoms with Crippen molar-refractivity contribution in [1.29, 1.82) is 0 Å². The van der Waals surface area contributed by atoms with Gasteiger partial charge in [-0.1, -0.05) is 29.8 Å². The van der Waals surface area contributed by atoms with Gasteiger partial charge in [0.05, 0.1) is 6.10 Å². The lowest BCUT2D eigenvalue weighted by atomic mass is 10.1. The summed E-state index contributed by atoms with van der Waals surface area (Å²) in [5.41, 5.74) is 1.16. The highest BCUT2D eigenvalue weighted by Crippen LogP contribution is 2.19. The quantitative estimate of drug-likeness (QED) is 0.787. The molecule has 0 saturated carbocycles. The van der Waals surface area contributed by atoms with Gasteiger partial charge >= 0.3 is 0 Å². The molecule has 2 heterocycles. The molecule has 0 bridgehead atoms. The molecule has 3 rings (SSSR count). The molecule has 6 heteroatoms. The lowest BCUT2D eigenvalue weighted by molar-refractivity contribution is 0.154. The number of aryl methyl sites for hydroxylation is 1. The minimum Gasteiger partial charge on any atom is -0.391 e. The molecule has 1 aromatic heterocycles. The minimum atomic E-state index is -0.263. The van der Waals surface area contributed by atoms with E-state index in [-0.39, 0.29) is 6.10 Å². The Balaban J connectivity index is 1.50. The number of nitrogens with zero attached hydrogens (tertiary/aromatic N) is 3. The van der Waals surface area contributed by atoms with Crippen molar-refractivity contribution >= 4 is 23.4 Å². The monoisotopic (exact) mass is 346 g/mol. The molecule has 1 aromatic carbocycles. The van der Waals surface area contributed by atoms with E-state index in [4.69, 9.17) is 11.6 Å². The van der Waals surface area contributed by atoms with Crippen LogP contribution in [0.25, 0.3) is 0 Å². The Hall–Kier alpha value is -1.85. The molecule has 0 aliphatic carbocycles. The summed E-state index contributed by atoms with van der Waals surface area (Å²) in [6, 6.07) is 9.83. The molecule has 1 fully saturated rings. The van der Waals surface area contributed by atoms with Crippen molar-refractivity contribution in [2.45, 2.75) is 31.8 Å². The summed E-state index contributed by atoms with van der Waals surface area (Å²) in [5, 5.41) is 13.9. The molecule has 0 radical (unpaired) electrons. The van der Waals surface area contributed by atoms with Crippen LogP contribution in [0, 0.1) is 0 Å². The van der Waals surface area contributed by atoms with Crippen LogP contribution in [-0.2, 0) is 6.42 Å². The lowest BCUT2D eigenvalue weighted by Crippen LogP contribution is -2.38. The lowest BCUT2D eigenvalue weighted by Gasteiger charge is -2.31. The summed E-state index contributed by atoms with van der Waals surface area (Å²) >= 11 is 6.17. The number of β-amino-alcohol motifs (C(OH)–C–C–N with tert-alkyl or cyclic N) is 1. The van der Waals surface area contributed by atoms with Gasteiger partial charge in [0.2, 0.25) is 5.95 Å². The Morgan fingerprint density at radius 2 is 2.17 bits per heavy atom. The fourth-order valence-corrected chi connectivity index (χ4v) is 3.18. The number of benzene rings is 1. The normalized spacial score (nSPS) is 17.8. The summed E-state index contributed by atoms with van der Waals surface area (Å²) in [6.45, 7) is 2.36. The maximum Gasteiger partial charge on any atom is 0.224 e. The molecule has 1 unspecified atom stereocenters. The number of halogens is 1. The molecular formula is C18H23ClN4O. The molecule has 128 valence electrons. The third-order valence-corrected chi connectivity index (χ3v) is 4.59. The number of hydrogen-bond acceptors (Lipinski definition) is 5. The maximum absolute atomic E-state index is 9.80. The van der Waals surface area contributed by atoms with Gasteiger partial charge in [0, 0.05) is 30.9 Å². The molecule has 5 nitrogen and oxygen atoms in total. The average molecular weight is 347 g/mol. The molecule has 2 N–H and O–H groups in total. The predicted molar refractivity (Wildman–Crippen MR) is 97.7 cm³/mol. The SMILES string of the molecule is OC1CCCN(c2ccnc(NCCCc3ccccc3Cl)n2)C1. The molecule has 1 saturated heterocycles. The summed E-state index contributed by atoms with van der Waals surface area (Å²) in [7, 11) is 0. The fraction of sp³-hybridized carbons (Fsp3) is 0.444. The minimum absolute atomic E-state index is 0.263. The number of hydrogen-bond donors (Lipinski definition) is 2. The third kappa shape index (κ3) is 4.58. The first-order valence-corrected chi connectivity index (χ1v) is 8.83. The van der Waals surface area contributed by atoms with E-state index >= 15 is 0 Å². The van der Waals surface area contributed by atoms with E-state index in [1.165, 1.54) is 0 Å². The molecular weight excluding hydrogens is 324 g/mol. The zero-order valence-corrected chi connectivity index (χ0v) is 14.4. The molecule has 1 atom stereocenters. The van der Waals surface area contributed by atoms with Crippen molar-refractivity contribution in [3.8, 4) is 0 Å². The van der Waals surface area contributed by atoms with E-state index in [9.17, 15) is 5.11 Å². The van der Waals surface area contributed by atoms with E-state index < -0.39 is 0 Å². The number of rotatable bonds is 6. The highest BCUT2D eigenvalue weighted by Gasteiger charge is 2.19. The van der Waals surface area contributed by atoms with Crippen molar-refractivity contribution in [3.05, 3.63) is 47.1 Å². The number of nitrogens with one attached hydrogen (secondary N) is 1. The van der Waals surface area contributed by atoms with Gasteiger partial charge in [-0.15, -0.1) is 0 Å². The first-order valence-electron chi connectivity index (χ1n) is 8.46. The van der Waals surface area contributed by atoms with Crippen molar-refractivity contribution < 1.29 is 5.11 Å². The Kier molecular flexibility index (Phi) is 5.88. The number of anilines is 2. The molecule has 1 aliphatic rings. The molecule has 0 spiro atoms. The van der Waals surface area contributed by atoms with Gasteiger partial charge in [0.15, 0.2) is 0 Å². The van der Waals surface area contributed by atoms with E-state index in [2.05, 4.69) is 26.3 Å². The summed E-state index contributed by atoms with van der Waals surface area (Å²) in [5.74, 6) is 1.50. The zero-order valence-electron chi connectivity index (χ0n) is 13.7. The number of piperidine rings is 1. The van der Waals surface area contributed by atoms with Crippen LogP contribution < -0.4 is 10.2 Å². The van der Waals surface area contributed by atoms with Crippen molar-refractivity contribution in [1.82, 2.24) is 9.97 Å². The van der Waals surface area contributed by atoms with Crippen LogP contribution in [-0.4, -0.2) is 40.8 Å². The highest BCUT2D eigenvalue weighted by atomic mass is 35.5. The van der Waals surface area contributed by atoms with Crippen LogP contribution in [0.1, 0.15) is 24.8 Å². The average Bonchev–Trinajstić information content (AvgIpc) is 2.60. The van der Waals surface area contributed by atoms with Crippen molar-refractivity contribution in [2.24, 2.45) is 0 Å². The van der Waals surface area contributed by atoms with Crippen LogP contribution >= 0.6 is 11.6 Å². The highest BCUT2D eigenvalue weighted by molar-refractivity contribution is 6.31. The molecule has 0 amide bonds. The number of aromatic nitrogens is 2. The van der Waals surface area contributed by atoms with Crippen LogP contribution in [0.4, 0.5) is 11.8 Å². The van der Waals surface area contributed by atoms with Crippen molar-refractivity contribution in [3.63, 3.8) is 0 Å². The topological polar surface area (TPSA) is 61.3 Å². The second-order valence-corrected chi connectivity index (χ2v) is 6.51. The predicted octanol–water partition coefficient (Wildman–Crippen LogP) is 3.14. The summed E-state index contributed by atoms with van der Waals surface area (Å²) < 4.78 is 0. The second kappa shape index (κ2) is 8.31. The molecule has 2 aromatic rings. The maximum atomic E-state index is 9.80. The van der Waals surface area contributed by atoms with Crippen LogP contribution in [0.5, 0.6) is 0 Å². The van der Waals surface area contributed by atoms with Gasteiger partial charge in [-0.25, -0.2) is 4.98 Å².